The Bertz CT molecular complexity index is 1220. The van der Waals surface area contributed by atoms with E-state index in [1.54, 1.807) is 12.0 Å². The summed E-state index contributed by atoms with van der Waals surface area (Å²) in [5.41, 5.74) is -0.694. The van der Waals surface area contributed by atoms with Crippen molar-refractivity contribution in [2.45, 2.75) is 42.0 Å². The van der Waals surface area contributed by atoms with Crippen molar-refractivity contribution >= 4 is 33.1 Å². The molecule has 2 aliphatic rings. The van der Waals surface area contributed by atoms with E-state index < -0.39 is 55.1 Å². The van der Waals surface area contributed by atoms with Crippen LogP contribution in [0.4, 0.5) is 29.1 Å². The molecule has 7 nitrogen and oxygen atoms in total. The number of rotatable bonds is 8. The van der Waals surface area contributed by atoms with E-state index in [1.165, 1.54) is 6.07 Å². The fraction of sp³-hybridized carbons (Fsp3) is 0.500. The zero-order chi connectivity index (χ0) is 25.5. The topological polar surface area (TPSA) is 74.8 Å². The summed E-state index contributed by atoms with van der Waals surface area (Å²) in [5, 5.41) is -0.571. The third kappa shape index (κ3) is 5.20. The highest BCUT2D eigenvalue weighted by Crippen LogP contribution is 2.39. The molecule has 2 aromatic rings. The van der Waals surface area contributed by atoms with Gasteiger partial charge in [-0.3, -0.25) is 4.72 Å². The lowest BCUT2D eigenvalue weighted by Gasteiger charge is -2.41. The van der Waals surface area contributed by atoms with Crippen LogP contribution in [0, 0.1) is 17.6 Å². The molecule has 1 saturated carbocycles. The Balaban J connectivity index is 1.56. The summed E-state index contributed by atoms with van der Waals surface area (Å²) in [6.07, 6.45) is 0.632. The SMILES string of the molecule is CO[C@@]1(CN(C)C2CC(F)C2)CCN(c2cc(F)c(S(=O)(=O)Nc3cccc(F)n3)c(F)c2Cl)C1. The normalized spacial score (nSPS) is 24.6. The van der Waals surface area contributed by atoms with Crippen LogP contribution in [-0.4, -0.2) is 69.9 Å². The Hall–Kier alpha value is -2.15. The summed E-state index contributed by atoms with van der Waals surface area (Å²) in [6, 6.07) is 4.27. The monoisotopic (exact) mass is 536 g/mol. The van der Waals surface area contributed by atoms with Crippen LogP contribution in [-0.2, 0) is 14.8 Å². The number of likely N-dealkylation sites (N-methyl/N-ethyl adjacent to an activating group) is 1. The Kier molecular flexibility index (Phi) is 7.20. The van der Waals surface area contributed by atoms with E-state index in [1.807, 2.05) is 16.7 Å². The highest BCUT2D eigenvalue weighted by Gasteiger charge is 2.43. The first-order valence-corrected chi connectivity index (χ1v) is 12.8. The van der Waals surface area contributed by atoms with Gasteiger partial charge in [0.25, 0.3) is 10.0 Å². The van der Waals surface area contributed by atoms with E-state index in [-0.39, 0.29) is 18.3 Å². The molecule has 0 amide bonds. The quantitative estimate of drug-likeness (QED) is 0.312. The number of hydrogen-bond donors (Lipinski definition) is 1. The van der Waals surface area contributed by atoms with Crippen molar-refractivity contribution < 1.29 is 30.7 Å². The lowest BCUT2D eigenvalue weighted by molar-refractivity contribution is -0.0397. The Labute approximate surface area is 206 Å². The minimum atomic E-state index is -4.80. The number of ether oxygens (including phenoxy) is 1. The maximum Gasteiger partial charge on any atom is 0.268 e. The van der Waals surface area contributed by atoms with Crippen molar-refractivity contribution in [3.8, 4) is 0 Å². The number of aromatic nitrogens is 1. The molecule has 0 spiro atoms. The van der Waals surface area contributed by atoms with Gasteiger partial charge in [0.2, 0.25) is 5.95 Å². The number of anilines is 2. The van der Waals surface area contributed by atoms with Crippen LogP contribution >= 0.6 is 11.6 Å². The number of alkyl halides is 1. The molecule has 1 aromatic heterocycles. The summed E-state index contributed by atoms with van der Waals surface area (Å²) in [4.78, 5) is 5.70. The fourth-order valence-corrected chi connectivity index (χ4v) is 6.04. The summed E-state index contributed by atoms with van der Waals surface area (Å²) in [7, 11) is -1.38. The maximum atomic E-state index is 15.1. The zero-order valence-electron chi connectivity index (χ0n) is 19.1. The number of benzene rings is 1. The van der Waals surface area contributed by atoms with Gasteiger partial charge in [-0.25, -0.2) is 26.6 Å². The molecule has 1 aliphatic heterocycles. The van der Waals surface area contributed by atoms with Gasteiger partial charge in [-0.15, -0.1) is 0 Å². The van der Waals surface area contributed by atoms with Crippen molar-refractivity contribution in [2.24, 2.45) is 0 Å². The highest BCUT2D eigenvalue weighted by atomic mass is 35.5. The number of nitrogens with one attached hydrogen (secondary N) is 1. The van der Waals surface area contributed by atoms with Gasteiger partial charge in [0.15, 0.2) is 10.7 Å². The Morgan fingerprint density at radius 1 is 1.31 bits per heavy atom. The van der Waals surface area contributed by atoms with Crippen LogP contribution in [0.3, 0.4) is 0 Å². The lowest BCUT2D eigenvalue weighted by atomic mass is 9.88. The van der Waals surface area contributed by atoms with Gasteiger partial charge in [-0.2, -0.15) is 4.39 Å². The van der Waals surface area contributed by atoms with Crippen molar-refractivity contribution in [3.05, 3.63) is 46.9 Å². The van der Waals surface area contributed by atoms with Crippen molar-refractivity contribution in [1.82, 2.24) is 9.88 Å². The second kappa shape index (κ2) is 9.72. The van der Waals surface area contributed by atoms with Crippen LogP contribution in [0.25, 0.3) is 0 Å². The molecule has 13 heteroatoms. The Morgan fingerprint density at radius 2 is 2.03 bits per heavy atom. The summed E-state index contributed by atoms with van der Waals surface area (Å²) in [6.45, 7) is 1.08. The summed E-state index contributed by atoms with van der Waals surface area (Å²) >= 11 is 6.18. The first-order valence-electron chi connectivity index (χ1n) is 10.9. The van der Waals surface area contributed by atoms with Gasteiger partial charge in [-0.05, 0) is 38.4 Å². The standard InChI is InChI=1S/C22H25ClF4N4O3S/c1-30(14-8-13(24)9-14)11-22(34-2)6-7-31(12-22)16-10-15(25)21(20(27)19(16)23)35(32,33)29-18-5-3-4-17(26)28-18/h3-5,10,13-14H,6-9,11-12H2,1-2H3,(H,28,29)/t13?,14?,22-/m1/s1. The molecular weight excluding hydrogens is 512 g/mol. The van der Waals surface area contributed by atoms with Crippen LogP contribution in [0.2, 0.25) is 5.02 Å². The molecule has 0 radical (unpaired) electrons. The number of sulfonamides is 1. The number of halogens is 5. The van der Waals surface area contributed by atoms with E-state index in [0.717, 1.165) is 18.2 Å². The van der Waals surface area contributed by atoms with Crippen molar-refractivity contribution in [2.75, 3.05) is 43.4 Å². The second-order valence-electron chi connectivity index (χ2n) is 8.98. The summed E-state index contributed by atoms with van der Waals surface area (Å²) < 4.78 is 89.6. The van der Waals surface area contributed by atoms with E-state index in [0.29, 0.717) is 32.4 Å². The number of pyridine rings is 1. The molecule has 192 valence electrons. The number of nitrogens with zero attached hydrogens (tertiary/aromatic N) is 3. The molecule has 1 N–H and O–H groups in total. The van der Waals surface area contributed by atoms with E-state index in [2.05, 4.69) is 4.98 Å². The Morgan fingerprint density at radius 3 is 2.66 bits per heavy atom. The molecular formula is C22H25ClF4N4O3S. The van der Waals surface area contributed by atoms with Gasteiger partial charge in [0.05, 0.1) is 11.3 Å². The average molecular weight is 537 g/mol. The van der Waals surface area contributed by atoms with Crippen LogP contribution in [0.15, 0.2) is 29.2 Å². The zero-order valence-corrected chi connectivity index (χ0v) is 20.6. The molecule has 4 rings (SSSR count). The second-order valence-corrected chi connectivity index (χ2v) is 11.0. The minimum absolute atomic E-state index is 0.0152. The predicted molar refractivity (Wildman–Crippen MR) is 123 cm³/mol. The highest BCUT2D eigenvalue weighted by molar-refractivity contribution is 7.92. The van der Waals surface area contributed by atoms with Crippen molar-refractivity contribution in [1.29, 1.82) is 0 Å². The minimum Gasteiger partial charge on any atom is -0.375 e. The van der Waals surface area contributed by atoms with Crippen LogP contribution in [0.5, 0.6) is 0 Å². The van der Waals surface area contributed by atoms with Crippen LogP contribution in [0.1, 0.15) is 19.3 Å². The van der Waals surface area contributed by atoms with Gasteiger partial charge in [-0.1, -0.05) is 17.7 Å². The number of hydrogen-bond acceptors (Lipinski definition) is 6. The molecule has 2 heterocycles. The third-order valence-corrected chi connectivity index (χ3v) is 8.38. The molecule has 35 heavy (non-hydrogen) atoms. The third-order valence-electron chi connectivity index (χ3n) is 6.63. The molecule has 1 aliphatic carbocycles. The van der Waals surface area contributed by atoms with Gasteiger partial charge >= 0.3 is 0 Å². The predicted octanol–water partition coefficient (Wildman–Crippen LogP) is 3.98. The van der Waals surface area contributed by atoms with Gasteiger partial charge in [0, 0.05) is 38.9 Å². The first kappa shape index (κ1) is 25.9. The smallest absolute Gasteiger partial charge is 0.268 e. The number of methoxy groups -OCH3 is 1. The van der Waals surface area contributed by atoms with Gasteiger partial charge < -0.3 is 14.5 Å². The first-order chi connectivity index (χ1) is 16.4. The summed E-state index contributed by atoms with van der Waals surface area (Å²) in [5.74, 6) is -4.24. The molecule has 2 fully saturated rings. The molecule has 1 saturated heterocycles. The van der Waals surface area contributed by atoms with Crippen molar-refractivity contribution in [3.63, 3.8) is 0 Å². The van der Waals surface area contributed by atoms with Gasteiger partial charge in [0.1, 0.15) is 22.8 Å². The van der Waals surface area contributed by atoms with E-state index in [4.69, 9.17) is 16.3 Å². The fourth-order valence-electron chi connectivity index (χ4n) is 4.57. The average Bonchev–Trinajstić information content (AvgIpc) is 3.17. The molecule has 1 atom stereocenters. The molecule has 0 unspecified atom stereocenters. The molecule has 1 aromatic carbocycles. The largest absolute Gasteiger partial charge is 0.375 e. The molecule has 0 bridgehead atoms. The maximum absolute atomic E-state index is 15.1. The van der Waals surface area contributed by atoms with Crippen LogP contribution < -0.4 is 9.62 Å². The van der Waals surface area contributed by atoms with E-state index >= 15 is 4.39 Å². The van der Waals surface area contributed by atoms with E-state index in [9.17, 15) is 21.6 Å². The lowest BCUT2D eigenvalue weighted by Crippen LogP contribution is -2.52.